The van der Waals surface area contributed by atoms with Crippen LogP contribution >= 0.6 is 0 Å². The summed E-state index contributed by atoms with van der Waals surface area (Å²) in [6, 6.07) is 9.12. The Morgan fingerprint density at radius 1 is 1.33 bits per heavy atom. The fourth-order valence-corrected chi connectivity index (χ4v) is 1.90. The molecule has 1 unspecified atom stereocenters. The number of aliphatic hydroxyl groups is 1. The van der Waals surface area contributed by atoms with E-state index >= 15 is 0 Å². The summed E-state index contributed by atoms with van der Waals surface area (Å²) >= 11 is 0. The van der Waals surface area contributed by atoms with Crippen LogP contribution in [0.15, 0.2) is 30.3 Å². The minimum Gasteiger partial charge on any atom is -0.461 e. The molecule has 2 rings (SSSR count). The van der Waals surface area contributed by atoms with E-state index in [1.54, 1.807) is 12.1 Å². The molecular weight excluding hydrogens is 236 g/mol. The Morgan fingerprint density at radius 3 is 2.72 bits per heavy atom. The summed E-state index contributed by atoms with van der Waals surface area (Å²) in [5.74, 6) is -0.526. The maximum absolute atomic E-state index is 12.1. The van der Waals surface area contributed by atoms with E-state index in [-0.39, 0.29) is 19.8 Å². The second-order valence-electron chi connectivity index (χ2n) is 3.95. The SMILES string of the molecule is O=C(OCCO)C1(c2ccccc2)COCCO1. The zero-order valence-electron chi connectivity index (χ0n) is 10.0. The predicted octanol–water partition coefficient (Wildman–Crippen LogP) is 0.464. The van der Waals surface area contributed by atoms with Crippen molar-refractivity contribution in [3.8, 4) is 0 Å². The molecule has 1 atom stereocenters. The fourth-order valence-electron chi connectivity index (χ4n) is 1.90. The smallest absolute Gasteiger partial charge is 0.345 e. The van der Waals surface area contributed by atoms with Crippen LogP contribution in [-0.2, 0) is 24.6 Å². The normalized spacial score (nSPS) is 23.6. The highest BCUT2D eigenvalue weighted by Gasteiger charge is 2.45. The van der Waals surface area contributed by atoms with Crippen molar-refractivity contribution < 1.29 is 24.1 Å². The molecule has 0 aromatic heterocycles. The van der Waals surface area contributed by atoms with Gasteiger partial charge in [0.15, 0.2) is 0 Å². The van der Waals surface area contributed by atoms with Gasteiger partial charge in [0.2, 0.25) is 5.60 Å². The maximum atomic E-state index is 12.1. The minimum atomic E-state index is -1.21. The van der Waals surface area contributed by atoms with Crippen LogP contribution < -0.4 is 0 Å². The van der Waals surface area contributed by atoms with Crippen LogP contribution in [0.1, 0.15) is 5.56 Å². The zero-order chi connectivity index (χ0) is 12.8. The number of esters is 1. The first-order valence-electron chi connectivity index (χ1n) is 5.85. The summed E-state index contributed by atoms with van der Waals surface area (Å²) < 4.78 is 16.0. The Bertz CT molecular complexity index is 384. The van der Waals surface area contributed by atoms with Gasteiger partial charge in [-0.3, -0.25) is 0 Å². The third-order valence-corrected chi connectivity index (χ3v) is 2.78. The number of carbonyl (C=O) groups excluding carboxylic acids is 1. The van der Waals surface area contributed by atoms with Gasteiger partial charge >= 0.3 is 5.97 Å². The van der Waals surface area contributed by atoms with Crippen LogP contribution in [0.2, 0.25) is 0 Å². The highest BCUT2D eigenvalue weighted by Crippen LogP contribution is 2.30. The first-order valence-corrected chi connectivity index (χ1v) is 5.85. The summed E-state index contributed by atoms with van der Waals surface area (Å²) in [5.41, 5.74) is -0.512. The largest absolute Gasteiger partial charge is 0.461 e. The lowest BCUT2D eigenvalue weighted by molar-refractivity contribution is -0.203. The Labute approximate surface area is 105 Å². The molecule has 18 heavy (non-hydrogen) atoms. The number of carbonyl (C=O) groups is 1. The Balaban J connectivity index is 2.25. The van der Waals surface area contributed by atoms with Gasteiger partial charge in [-0.1, -0.05) is 30.3 Å². The van der Waals surface area contributed by atoms with Crippen molar-refractivity contribution in [2.24, 2.45) is 0 Å². The molecule has 5 nitrogen and oxygen atoms in total. The quantitative estimate of drug-likeness (QED) is 0.789. The van der Waals surface area contributed by atoms with E-state index in [9.17, 15) is 4.79 Å². The summed E-state index contributed by atoms with van der Waals surface area (Å²) in [5, 5.41) is 8.72. The Kier molecular flexibility index (Phi) is 4.30. The van der Waals surface area contributed by atoms with E-state index in [4.69, 9.17) is 19.3 Å². The van der Waals surface area contributed by atoms with Crippen LogP contribution in [0.4, 0.5) is 0 Å². The Hall–Kier alpha value is -1.43. The Morgan fingerprint density at radius 2 is 2.11 bits per heavy atom. The van der Waals surface area contributed by atoms with Gasteiger partial charge in [0.05, 0.1) is 26.4 Å². The van der Waals surface area contributed by atoms with Crippen LogP contribution in [0.3, 0.4) is 0 Å². The van der Waals surface area contributed by atoms with Crippen molar-refractivity contribution in [3.63, 3.8) is 0 Å². The topological polar surface area (TPSA) is 65.0 Å². The van der Waals surface area contributed by atoms with Crippen LogP contribution in [0.25, 0.3) is 0 Å². The van der Waals surface area contributed by atoms with Gasteiger partial charge in [-0.15, -0.1) is 0 Å². The highest BCUT2D eigenvalue weighted by molar-refractivity contribution is 5.81. The van der Waals surface area contributed by atoms with E-state index in [0.29, 0.717) is 18.8 Å². The van der Waals surface area contributed by atoms with Crippen molar-refractivity contribution in [3.05, 3.63) is 35.9 Å². The number of hydrogen-bond donors (Lipinski definition) is 1. The lowest BCUT2D eigenvalue weighted by Crippen LogP contribution is -2.48. The average Bonchev–Trinajstić information content (AvgIpc) is 2.46. The maximum Gasteiger partial charge on any atom is 0.345 e. The van der Waals surface area contributed by atoms with Crippen molar-refractivity contribution in [2.45, 2.75) is 5.60 Å². The second kappa shape index (κ2) is 5.95. The summed E-state index contributed by atoms with van der Waals surface area (Å²) in [6.45, 7) is 0.667. The van der Waals surface area contributed by atoms with E-state index in [2.05, 4.69) is 0 Å². The highest BCUT2D eigenvalue weighted by atomic mass is 16.6. The molecule has 1 saturated heterocycles. The molecule has 1 fully saturated rings. The predicted molar refractivity (Wildman–Crippen MR) is 62.9 cm³/mol. The second-order valence-corrected chi connectivity index (χ2v) is 3.95. The summed E-state index contributed by atoms with van der Waals surface area (Å²) in [6.07, 6.45) is 0. The molecule has 0 aliphatic carbocycles. The standard InChI is InChI=1S/C13H16O5/c14-6-7-17-12(15)13(10-16-8-9-18-13)11-4-2-1-3-5-11/h1-5,14H,6-10H2. The molecule has 1 aliphatic rings. The molecule has 1 heterocycles. The molecule has 98 valence electrons. The third-order valence-electron chi connectivity index (χ3n) is 2.78. The molecule has 1 N–H and O–H groups in total. The molecule has 0 spiro atoms. The molecule has 1 aliphatic heterocycles. The van der Waals surface area contributed by atoms with Gasteiger partial charge in [-0.25, -0.2) is 4.79 Å². The lowest BCUT2D eigenvalue weighted by atomic mass is 9.94. The van der Waals surface area contributed by atoms with Gasteiger partial charge in [-0.05, 0) is 5.56 Å². The van der Waals surface area contributed by atoms with Gasteiger partial charge in [0, 0.05) is 0 Å². The van der Waals surface area contributed by atoms with Crippen molar-refractivity contribution in [1.82, 2.24) is 0 Å². The van der Waals surface area contributed by atoms with Crippen molar-refractivity contribution in [1.29, 1.82) is 0 Å². The molecular formula is C13H16O5. The molecule has 0 radical (unpaired) electrons. The molecule has 0 amide bonds. The average molecular weight is 252 g/mol. The number of ether oxygens (including phenoxy) is 3. The van der Waals surface area contributed by atoms with Crippen LogP contribution in [0, 0.1) is 0 Å². The van der Waals surface area contributed by atoms with Gasteiger partial charge in [0.1, 0.15) is 6.61 Å². The molecule has 5 heteroatoms. The van der Waals surface area contributed by atoms with Crippen molar-refractivity contribution in [2.75, 3.05) is 33.0 Å². The third kappa shape index (κ3) is 2.53. The number of aliphatic hydroxyl groups excluding tert-OH is 1. The minimum absolute atomic E-state index is 0.0449. The van der Waals surface area contributed by atoms with Gasteiger partial charge in [-0.2, -0.15) is 0 Å². The van der Waals surface area contributed by atoms with Crippen molar-refractivity contribution >= 4 is 5.97 Å². The van der Waals surface area contributed by atoms with Gasteiger partial charge in [0.25, 0.3) is 0 Å². The molecule has 0 saturated carbocycles. The van der Waals surface area contributed by atoms with E-state index < -0.39 is 11.6 Å². The summed E-state index contributed by atoms with van der Waals surface area (Å²) in [4.78, 5) is 12.1. The first kappa shape index (κ1) is 13.0. The fraction of sp³-hybridized carbons (Fsp3) is 0.462. The van der Waals surface area contributed by atoms with E-state index in [1.165, 1.54) is 0 Å². The first-order chi connectivity index (χ1) is 8.79. The number of benzene rings is 1. The van der Waals surface area contributed by atoms with Crippen LogP contribution in [0.5, 0.6) is 0 Å². The zero-order valence-corrected chi connectivity index (χ0v) is 10.0. The summed E-state index contributed by atoms with van der Waals surface area (Å²) in [7, 11) is 0. The monoisotopic (exact) mass is 252 g/mol. The number of hydrogen-bond acceptors (Lipinski definition) is 5. The molecule has 1 aromatic carbocycles. The van der Waals surface area contributed by atoms with E-state index in [0.717, 1.165) is 0 Å². The molecule has 1 aromatic rings. The molecule has 0 bridgehead atoms. The van der Waals surface area contributed by atoms with Gasteiger partial charge < -0.3 is 19.3 Å². The lowest BCUT2D eigenvalue weighted by Gasteiger charge is -2.35. The van der Waals surface area contributed by atoms with Crippen LogP contribution in [-0.4, -0.2) is 44.1 Å². The van der Waals surface area contributed by atoms with E-state index in [1.807, 2.05) is 18.2 Å². The number of rotatable bonds is 4.